The Labute approximate surface area is 108 Å². The van der Waals surface area contributed by atoms with E-state index in [9.17, 15) is 9.59 Å². The predicted octanol–water partition coefficient (Wildman–Crippen LogP) is 2.74. The molecule has 0 atom stereocenters. The van der Waals surface area contributed by atoms with E-state index >= 15 is 0 Å². The fourth-order valence-corrected chi connectivity index (χ4v) is 2.24. The Kier molecular flexibility index (Phi) is 4.13. The van der Waals surface area contributed by atoms with E-state index < -0.39 is 0 Å². The molecular formula is C15H19NO2. The van der Waals surface area contributed by atoms with Crippen molar-refractivity contribution in [2.75, 3.05) is 6.54 Å². The molecule has 2 rings (SSSR count). The van der Waals surface area contributed by atoms with Gasteiger partial charge >= 0.3 is 0 Å². The summed E-state index contributed by atoms with van der Waals surface area (Å²) in [4.78, 5) is 23.8. The third-order valence-electron chi connectivity index (χ3n) is 3.34. The van der Waals surface area contributed by atoms with Crippen molar-refractivity contribution in [3.8, 4) is 0 Å². The van der Waals surface area contributed by atoms with Crippen LogP contribution in [0.3, 0.4) is 0 Å². The van der Waals surface area contributed by atoms with Crippen LogP contribution in [0, 0.1) is 0 Å². The maximum absolute atomic E-state index is 12.0. The van der Waals surface area contributed by atoms with Crippen LogP contribution < -0.4 is 5.32 Å². The highest BCUT2D eigenvalue weighted by Crippen LogP contribution is 2.18. The Morgan fingerprint density at radius 1 is 1.39 bits per heavy atom. The second kappa shape index (κ2) is 5.80. The summed E-state index contributed by atoms with van der Waals surface area (Å²) in [6, 6.07) is 5.54. The average molecular weight is 245 g/mol. The fourth-order valence-electron chi connectivity index (χ4n) is 2.24. The second-order valence-corrected chi connectivity index (χ2v) is 4.76. The number of ketones is 1. The molecule has 0 saturated carbocycles. The molecule has 0 fully saturated rings. The number of amides is 1. The first-order valence-electron chi connectivity index (χ1n) is 6.66. The van der Waals surface area contributed by atoms with E-state index in [2.05, 4.69) is 12.2 Å². The van der Waals surface area contributed by atoms with Gasteiger partial charge in [-0.15, -0.1) is 0 Å². The molecule has 1 aliphatic heterocycles. The van der Waals surface area contributed by atoms with Gasteiger partial charge in [0, 0.05) is 24.1 Å². The molecule has 96 valence electrons. The van der Waals surface area contributed by atoms with Gasteiger partial charge in [-0.05, 0) is 30.9 Å². The minimum atomic E-state index is -0.0485. The number of fused-ring (bicyclic) bond motifs is 1. The summed E-state index contributed by atoms with van der Waals surface area (Å²) in [6.07, 6.45) is 4.34. The molecule has 18 heavy (non-hydrogen) atoms. The summed E-state index contributed by atoms with van der Waals surface area (Å²) in [7, 11) is 0. The SMILES string of the molecule is CCCCC(=O)c1ccc2c(c1)C(=O)NCCC2. The highest BCUT2D eigenvalue weighted by atomic mass is 16.1. The summed E-state index contributed by atoms with van der Waals surface area (Å²) in [5.74, 6) is 0.0874. The zero-order chi connectivity index (χ0) is 13.0. The molecule has 0 unspecified atom stereocenters. The van der Waals surface area contributed by atoms with Gasteiger partial charge in [0.25, 0.3) is 5.91 Å². The molecule has 1 aliphatic rings. The number of hydrogen-bond donors (Lipinski definition) is 1. The van der Waals surface area contributed by atoms with Gasteiger partial charge in [0.1, 0.15) is 0 Å². The number of aryl methyl sites for hydroxylation is 1. The second-order valence-electron chi connectivity index (χ2n) is 4.76. The topological polar surface area (TPSA) is 46.2 Å². The molecule has 1 heterocycles. The normalized spacial score (nSPS) is 14.6. The standard InChI is InChI=1S/C15H19NO2/c1-2-3-6-14(17)12-8-7-11-5-4-9-16-15(18)13(11)10-12/h7-8,10H,2-6,9H2,1H3,(H,16,18). The monoisotopic (exact) mass is 245 g/mol. The fraction of sp³-hybridized carbons (Fsp3) is 0.467. The molecule has 0 aromatic heterocycles. The van der Waals surface area contributed by atoms with Gasteiger partial charge < -0.3 is 5.32 Å². The lowest BCUT2D eigenvalue weighted by Gasteiger charge is -2.07. The number of hydrogen-bond acceptors (Lipinski definition) is 2. The molecular weight excluding hydrogens is 226 g/mol. The smallest absolute Gasteiger partial charge is 0.251 e. The largest absolute Gasteiger partial charge is 0.352 e. The minimum absolute atomic E-state index is 0.0485. The lowest BCUT2D eigenvalue weighted by molar-refractivity contribution is 0.0956. The quantitative estimate of drug-likeness (QED) is 0.829. The van der Waals surface area contributed by atoms with Crippen LogP contribution in [0.25, 0.3) is 0 Å². The van der Waals surface area contributed by atoms with Crippen LogP contribution in [0.2, 0.25) is 0 Å². The summed E-state index contributed by atoms with van der Waals surface area (Å²) in [5.41, 5.74) is 2.39. The van der Waals surface area contributed by atoms with Gasteiger partial charge in [-0.2, -0.15) is 0 Å². The maximum Gasteiger partial charge on any atom is 0.251 e. The molecule has 1 amide bonds. The van der Waals surface area contributed by atoms with Gasteiger partial charge in [-0.1, -0.05) is 25.5 Å². The number of unbranched alkanes of at least 4 members (excludes halogenated alkanes) is 1. The number of carbonyl (C=O) groups is 2. The van der Waals surface area contributed by atoms with Crippen molar-refractivity contribution in [2.24, 2.45) is 0 Å². The first-order chi connectivity index (χ1) is 8.72. The summed E-state index contributed by atoms with van der Waals surface area (Å²) in [5, 5.41) is 2.86. The number of rotatable bonds is 4. The molecule has 0 radical (unpaired) electrons. The molecule has 1 aromatic carbocycles. The van der Waals surface area contributed by atoms with Crippen LogP contribution >= 0.6 is 0 Å². The van der Waals surface area contributed by atoms with Crippen molar-refractivity contribution >= 4 is 11.7 Å². The third-order valence-corrected chi connectivity index (χ3v) is 3.34. The number of carbonyl (C=O) groups excluding carboxylic acids is 2. The highest BCUT2D eigenvalue weighted by molar-refractivity contribution is 6.01. The van der Waals surface area contributed by atoms with Gasteiger partial charge in [0.05, 0.1) is 0 Å². The van der Waals surface area contributed by atoms with Crippen molar-refractivity contribution in [2.45, 2.75) is 39.0 Å². The molecule has 0 spiro atoms. The average Bonchev–Trinajstić information content (AvgIpc) is 2.58. The first kappa shape index (κ1) is 12.8. The van der Waals surface area contributed by atoms with Gasteiger partial charge in [0.2, 0.25) is 0 Å². The Morgan fingerprint density at radius 3 is 3.00 bits per heavy atom. The zero-order valence-corrected chi connectivity index (χ0v) is 10.8. The molecule has 1 aromatic rings. The van der Waals surface area contributed by atoms with Gasteiger partial charge in [-0.3, -0.25) is 9.59 Å². The molecule has 0 saturated heterocycles. The van der Waals surface area contributed by atoms with E-state index in [0.29, 0.717) is 24.1 Å². The van der Waals surface area contributed by atoms with Crippen molar-refractivity contribution in [3.05, 3.63) is 34.9 Å². The van der Waals surface area contributed by atoms with Crippen LogP contribution in [0.15, 0.2) is 18.2 Å². The van der Waals surface area contributed by atoms with Crippen molar-refractivity contribution in [1.82, 2.24) is 5.32 Å². The lowest BCUT2D eigenvalue weighted by atomic mass is 9.97. The minimum Gasteiger partial charge on any atom is -0.352 e. The summed E-state index contributed by atoms with van der Waals surface area (Å²) in [6.45, 7) is 2.78. The highest BCUT2D eigenvalue weighted by Gasteiger charge is 2.17. The zero-order valence-electron chi connectivity index (χ0n) is 10.8. The van der Waals surface area contributed by atoms with Crippen LogP contribution in [0.5, 0.6) is 0 Å². The molecule has 3 nitrogen and oxygen atoms in total. The van der Waals surface area contributed by atoms with Crippen LogP contribution in [-0.2, 0) is 6.42 Å². The Morgan fingerprint density at radius 2 is 2.22 bits per heavy atom. The number of Topliss-reactive ketones (excluding diaryl/α,β-unsaturated/α-hetero) is 1. The van der Waals surface area contributed by atoms with Crippen LogP contribution in [0.1, 0.15) is 58.9 Å². The predicted molar refractivity (Wildman–Crippen MR) is 71.0 cm³/mol. The first-order valence-corrected chi connectivity index (χ1v) is 6.66. The summed E-state index contributed by atoms with van der Waals surface area (Å²) >= 11 is 0. The third kappa shape index (κ3) is 2.78. The van der Waals surface area contributed by atoms with Crippen LogP contribution in [-0.4, -0.2) is 18.2 Å². The Hall–Kier alpha value is -1.64. The van der Waals surface area contributed by atoms with Gasteiger partial charge in [0.15, 0.2) is 5.78 Å². The van der Waals surface area contributed by atoms with E-state index in [1.165, 1.54) is 0 Å². The molecule has 0 aliphatic carbocycles. The van der Waals surface area contributed by atoms with E-state index in [1.54, 1.807) is 6.07 Å². The summed E-state index contributed by atoms with van der Waals surface area (Å²) < 4.78 is 0. The Bertz CT molecular complexity index is 466. The molecule has 3 heteroatoms. The van der Waals surface area contributed by atoms with Crippen molar-refractivity contribution < 1.29 is 9.59 Å². The molecule has 1 N–H and O–H groups in total. The Balaban J connectivity index is 2.25. The van der Waals surface area contributed by atoms with E-state index in [0.717, 1.165) is 31.2 Å². The number of nitrogens with one attached hydrogen (secondary N) is 1. The van der Waals surface area contributed by atoms with Crippen molar-refractivity contribution in [3.63, 3.8) is 0 Å². The number of benzene rings is 1. The van der Waals surface area contributed by atoms with Crippen LogP contribution in [0.4, 0.5) is 0 Å². The van der Waals surface area contributed by atoms with Gasteiger partial charge in [-0.25, -0.2) is 0 Å². The lowest BCUT2D eigenvalue weighted by Crippen LogP contribution is -2.22. The molecule has 0 bridgehead atoms. The van der Waals surface area contributed by atoms with Crippen molar-refractivity contribution in [1.29, 1.82) is 0 Å². The maximum atomic E-state index is 12.0. The van der Waals surface area contributed by atoms with E-state index in [-0.39, 0.29) is 11.7 Å². The van der Waals surface area contributed by atoms with E-state index in [4.69, 9.17) is 0 Å². The van der Waals surface area contributed by atoms with E-state index in [1.807, 2.05) is 12.1 Å².